The highest BCUT2D eigenvalue weighted by Gasteiger charge is 2.26. The molecule has 0 spiro atoms. The number of carbonyl (C=O) groups is 1. The van der Waals surface area contributed by atoms with Gasteiger partial charge in [0.2, 0.25) is 0 Å². The van der Waals surface area contributed by atoms with Gasteiger partial charge in [-0.3, -0.25) is 14.5 Å². The Morgan fingerprint density at radius 1 is 1.12 bits per heavy atom. The molecule has 1 atom stereocenters. The zero-order chi connectivity index (χ0) is 29.8. The fourth-order valence-corrected chi connectivity index (χ4v) is 5.75. The highest BCUT2D eigenvalue weighted by molar-refractivity contribution is 6.31. The molecular weight excluding hydrogens is 554 g/mol. The minimum Gasteiger partial charge on any atom is -0.396 e. The lowest BCUT2D eigenvalue weighted by molar-refractivity contribution is 0.0332. The molecule has 9 nitrogen and oxygen atoms in total. The van der Waals surface area contributed by atoms with Gasteiger partial charge in [-0.25, -0.2) is 4.98 Å². The van der Waals surface area contributed by atoms with Gasteiger partial charge in [0.15, 0.2) is 5.43 Å². The zero-order valence-corrected chi connectivity index (χ0v) is 24.6. The van der Waals surface area contributed by atoms with Crippen molar-refractivity contribution in [1.82, 2.24) is 19.8 Å². The number of pyridine rings is 2. The Balaban J connectivity index is 1.45. The van der Waals surface area contributed by atoms with Crippen molar-refractivity contribution in [3.05, 3.63) is 98.9 Å². The Hall–Kier alpha value is -3.76. The first-order valence-electron chi connectivity index (χ1n) is 14.2. The third kappa shape index (κ3) is 6.19. The highest BCUT2D eigenvalue weighted by Crippen LogP contribution is 2.29. The van der Waals surface area contributed by atoms with Crippen LogP contribution in [0.3, 0.4) is 0 Å². The van der Waals surface area contributed by atoms with Gasteiger partial charge >= 0.3 is 0 Å². The van der Waals surface area contributed by atoms with Crippen molar-refractivity contribution in [2.75, 3.05) is 38.7 Å². The van der Waals surface area contributed by atoms with E-state index >= 15 is 0 Å². The van der Waals surface area contributed by atoms with E-state index in [1.54, 1.807) is 49.5 Å². The molecule has 2 aromatic carbocycles. The fourth-order valence-electron chi connectivity index (χ4n) is 5.58. The third-order valence-electron chi connectivity index (χ3n) is 7.93. The Morgan fingerprint density at radius 2 is 1.86 bits per heavy atom. The van der Waals surface area contributed by atoms with Gasteiger partial charge in [-0.15, -0.1) is 0 Å². The van der Waals surface area contributed by atoms with Crippen LogP contribution in [0.25, 0.3) is 16.6 Å². The van der Waals surface area contributed by atoms with Gasteiger partial charge in [0.05, 0.1) is 16.8 Å². The maximum absolute atomic E-state index is 13.8. The summed E-state index contributed by atoms with van der Waals surface area (Å²) in [4.78, 5) is 35.4. The summed E-state index contributed by atoms with van der Waals surface area (Å²) in [5.74, 6) is 0.970. The number of aromatic nitrogens is 2. The van der Waals surface area contributed by atoms with E-state index in [0.717, 1.165) is 43.9 Å². The van der Waals surface area contributed by atoms with Crippen LogP contribution in [0, 0.1) is 5.92 Å². The molecule has 1 fully saturated rings. The topological polar surface area (TPSA) is 111 Å². The first-order valence-corrected chi connectivity index (χ1v) is 14.5. The number of hydrogen-bond acceptors (Lipinski definition) is 7. The van der Waals surface area contributed by atoms with Gasteiger partial charge in [0.25, 0.3) is 5.91 Å². The molecule has 1 amide bonds. The summed E-state index contributed by atoms with van der Waals surface area (Å²) in [6.07, 6.45) is 3.24. The van der Waals surface area contributed by atoms with E-state index in [-0.39, 0.29) is 30.1 Å². The lowest BCUT2D eigenvalue weighted by atomic mass is 9.94. The molecule has 0 bridgehead atoms. The SMILES string of the molecule is CN(C)C(O)c1c(CNC(=O)c2ccc(N3CCC(CCO)CC3)nc2)c(=O)c2ccc(Cl)cc2n1-c1ccccc1. The van der Waals surface area contributed by atoms with Crippen LogP contribution in [-0.4, -0.2) is 64.4 Å². The van der Waals surface area contributed by atoms with Crippen molar-refractivity contribution in [1.29, 1.82) is 0 Å². The molecule has 1 aliphatic heterocycles. The monoisotopic (exact) mass is 589 g/mol. The first-order chi connectivity index (χ1) is 20.3. The molecular formula is C32H36ClN5O4. The number of para-hydroxylation sites is 1. The Bertz CT molecular complexity index is 1600. The van der Waals surface area contributed by atoms with Crippen LogP contribution in [0.1, 0.15) is 47.1 Å². The second-order valence-corrected chi connectivity index (χ2v) is 11.3. The van der Waals surface area contributed by atoms with E-state index in [0.29, 0.717) is 33.1 Å². The van der Waals surface area contributed by atoms with Crippen LogP contribution in [0.15, 0.2) is 71.7 Å². The van der Waals surface area contributed by atoms with E-state index < -0.39 is 6.23 Å². The molecule has 0 aliphatic carbocycles. The highest BCUT2D eigenvalue weighted by atomic mass is 35.5. The number of anilines is 1. The van der Waals surface area contributed by atoms with Gasteiger partial charge in [-0.2, -0.15) is 0 Å². The lowest BCUT2D eigenvalue weighted by Gasteiger charge is -2.32. The first kappa shape index (κ1) is 29.7. The molecule has 0 radical (unpaired) electrons. The second kappa shape index (κ2) is 13.0. The van der Waals surface area contributed by atoms with E-state index in [1.165, 1.54) is 0 Å². The van der Waals surface area contributed by atoms with Gasteiger partial charge in [0.1, 0.15) is 12.0 Å². The number of hydrogen-bond donors (Lipinski definition) is 3. The number of nitrogens with zero attached hydrogens (tertiary/aromatic N) is 4. The summed E-state index contributed by atoms with van der Waals surface area (Å²) in [5, 5.41) is 24.3. The normalized spacial score (nSPS) is 14.9. The van der Waals surface area contributed by atoms with Crippen molar-refractivity contribution < 1.29 is 15.0 Å². The van der Waals surface area contributed by atoms with Crippen LogP contribution >= 0.6 is 11.6 Å². The fraction of sp³-hybridized carbons (Fsp3) is 0.344. The molecule has 5 rings (SSSR count). The molecule has 4 aromatic rings. The number of piperidine rings is 1. The predicted octanol–water partition coefficient (Wildman–Crippen LogP) is 4.12. The molecule has 3 N–H and O–H groups in total. The molecule has 1 unspecified atom stereocenters. The quantitative estimate of drug-likeness (QED) is 0.252. The summed E-state index contributed by atoms with van der Waals surface area (Å²) in [5.41, 5.74) is 2.02. The Labute approximate surface area is 250 Å². The zero-order valence-electron chi connectivity index (χ0n) is 23.8. The van der Waals surface area contributed by atoms with E-state index in [1.807, 2.05) is 41.0 Å². The Kier molecular flexibility index (Phi) is 9.23. The molecule has 1 saturated heterocycles. The molecule has 42 heavy (non-hydrogen) atoms. The minimum absolute atomic E-state index is 0.0938. The summed E-state index contributed by atoms with van der Waals surface area (Å²) in [7, 11) is 3.44. The second-order valence-electron chi connectivity index (χ2n) is 10.9. The summed E-state index contributed by atoms with van der Waals surface area (Å²) in [6.45, 7) is 1.85. The van der Waals surface area contributed by atoms with Crippen molar-refractivity contribution in [2.45, 2.75) is 32.0 Å². The third-order valence-corrected chi connectivity index (χ3v) is 8.16. The van der Waals surface area contributed by atoms with Crippen LogP contribution in [0.5, 0.6) is 0 Å². The number of aliphatic hydroxyl groups is 2. The molecule has 220 valence electrons. The smallest absolute Gasteiger partial charge is 0.253 e. The number of benzene rings is 2. The van der Waals surface area contributed by atoms with Crippen molar-refractivity contribution in [3.63, 3.8) is 0 Å². The number of amides is 1. The van der Waals surface area contributed by atoms with Gasteiger partial charge < -0.3 is 25.0 Å². The Morgan fingerprint density at radius 3 is 2.50 bits per heavy atom. The minimum atomic E-state index is -1.14. The maximum Gasteiger partial charge on any atom is 0.253 e. The number of halogens is 1. The standard InChI is InChI=1S/C32H36ClN5O4/c1-36(2)32(42)29-26(30(40)25-10-9-23(33)18-27(25)38(29)24-6-4-3-5-7-24)20-35-31(41)22-8-11-28(34-19-22)37-15-12-21(13-16-37)14-17-39/h3-11,18-19,21,32,39,42H,12-17,20H2,1-2H3,(H,35,41). The van der Waals surface area contributed by atoms with Crippen molar-refractivity contribution >= 4 is 34.2 Å². The predicted molar refractivity (Wildman–Crippen MR) is 165 cm³/mol. The average Bonchev–Trinajstić information content (AvgIpc) is 3.01. The largest absolute Gasteiger partial charge is 0.396 e. The van der Waals surface area contributed by atoms with E-state index in [9.17, 15) is 19.8 Å². The van der Waals surface area contributed by atoms with Crippen LogP contribution in [0.2, 0.25) is 5.02 Å². The van der Waals surface area contributed by atoms with Crippen LogP contribution in [0.4, 0.5) is 5.82 Å². The average molecular weight is 590 g/mol. The number of nitrogens with one attached hydrogen (secondary N) is 1. The van der Waals surface area contributed by atoms with E-state index in [2.05, 4.69) is 15.2 Å². The van der Waals surface area contributed by atoms with Crippen molar-refractivity contribution in [2.24, 2.45) is 5.92 Å². The maximum atomic E-state index is 13.8. The number of rotatable bonds is 9. The van der Waals surface area contributed by atoms with Crippen LogP contribution in [-0.2, 0) is 6.54 Å². The van der Waals surface area contributed by atoms with Crippen molar-refractivity contribution in [3.8, 4) is 5.69 Å². The molecule has 2 aromatic heterocycles. The molecule has 10 heteroatoms. The summed E-state index contributed by atoms with van der Waals surface area (Å²) in [6, 6.07) is 18.0. The van der Waals surface area contributed by atoms with Gasteiger partial charge in [-0.05, 0) is 81.7 Å². The lowest BCUT2D eigenvalue weighted by Crippen LogP contribution is -2.34. The summed E-state index contributed by atoms with van der Waals surface area (Å²) < 4.78 is 1.83. The molecule has 1 aliphatic rings. The summed E-state index contributed by atoms with van der Waals surface area (Å²) >= 11 is 6.35. The van der Waals surface area contributed by atoms with Crippen LogP contribution < -0.4 is 15.6 Å². The number of fused-ring (bicyclic) bond motifs is 1. The number of carbonyl (C=O) groups excluding carboxylic acids is 1. The molecule has 0 saturated carbocycles. The molecule has 3 heterocycles. The van der Waals surface area contributed by atoms with Gasteiger partial charge in [-0.1, -0.05) is 29.8 Å². The van der Waals surface area contributed by atoms with E-state index in [4.69, 9.17) is 11.6 Å². The van der Waals surface area contributed by atoms with Gasteiger partial charge in [0, 0.05) is 54.1 Å². The number of aliphatic hydroxyl groups excluding tert-OH is 2.